The topological polar surface area (TPSA) is 154 Å². The zero-order valence-corrected chi connectivity index (χ0v) is 16.6. The zero-order chi connectivity index (χ0) is 18.2. The van der Waals surface area contributed by atoms with Gasteiger partial charge in [0.15, 0.2) is 5.75 Å². The molecule has 0 spiro atoms. The Morgan fingerprint density at radius 1 is 0.962 bits per heavy atom. The van der Waals surface area contributed by atoms with Gasteiger partial charge in [-0.05, 0) is 36.4 Å². The molecule has 0 aliphatic rings. The summed E-state index contributed by atoms with van der Waals surface area (Å²) in [6.07, 6.45) is 0. The first-order valence-electron chi connectivity index (χ1n) is 7.05. The molecule has 0 saturated heterocycles. The first kappa shape index (κ1) is 20.1. The number of hydrogen-bond acceptors (Lipinski definition) is 8. The molecule has 0 radical (unpaired) electrons. The standard InChI is InChI=1S/C16H14N4O4S.Na/c17-9-4-6-10(7-5-9)19-20-15-14(25(22,23)24)8-12-11(16(15)21)2-1-3-13(12)18;/h1-8,21H,17-18H2,(H,22,23,24);/q;+1/p-1. The Kier molecular flexibility index (Phi) is 5.89. The van der Waals surface area contributed by atoms with E-state index in [-0.39, 0.29) is 46.0 Å². The molecule has 0 saturated carbocycles. The van der Waals surface area contributed by atoms with Crippen molar-refractivity contribution in [2.24, 2.45) is 10.2 Å². The van der Waals surface area contributed by atoms with Gasteiger partial charge in [0.2, 0.25) is 0 Å². The molecule has 128 valence electrons. The van der Waals surface area contributed by atoms with Crippen LogP contribution in [-0.4, -0.2) is 18.1 Å². The molecule has 0 unspecified atom stereocenters. The summed E-state index contributed by atoms with van der Waals surface area (Å²) in [5.41, 5.74) is 12.0. The molecule has 0 aliphatic carbocycles. The second kappa shape index (κ2) is 7.60. The van der Waals surface area contributed by atoms with Gasteiger partial charge in [-0.1, -0.05) is 12.1 Å². The number of phenols is 1. The van der Waals surface area contributed by atoms with Crippen molar-refractivity contribution in [1.82, 2.24) is 0 Å². The van der Waals surface area contributed by atoms with Gasteiger partial charge in [-0.15, -0.1) is 5.11 Å². The number of anilines is 2. The number of benzene rings is 3. The van der Waals surface area contributed by atoms with E-state index in [0.717, 1.165) is 6.07 Å². The molecule has 0 atom stereocenters. The molecule has 10 heteroatoms. The van der Waals surface area contributed by atoms with Gasteiger partial charge in [0.05, 0.1) is 10.6 Å². The Labute approximate surface area is 171 Å². The van der Waals surface area contributed by atoms with Crippen LogP contribution < -0.4 is 41.0 Å². The molecule has 5 N–H and O–H groups in total. The second-order valence-electron chi connectivity index (χ2n) is 5.26. The largest absolute Gasteiger partial charge is 1.00 e. The van der Waals surface area contributed by atoms with E-state index in [2.05, 4.69) is 10.2 Å². The number of phenolic OH excluding ortho intramolecular Hbond substituents is 1. The van der Waals surface area contributed by atoms with E-state index in [1.807, 2.05) is 0 Å². The summed E-state index contributed by atoms with van der Waals surface area (Å²) < 4.78 is 34.8. The smallest absolute Gasteiger partial charge is 0.744 e. The number of azo groups is 1. The molecule has 26 heavy (non-hydrogen) atoms. The number of aromatic hydroxyl groups is 1. The molecule has 0 fully saturated rings. The molecular weight excluding hydrogens is 367 g/mol. The minimum atomic E-state index is -4.91. The monoisotopic (exact) mass is 380 g/mol. The van der Waals surface area contributed by atoms with Crippen LogP contribution in [0, 0.1) is 0 Å². The van der Waals surface area contributed by atoms with Crippen molar-refractivity contribution in [2.45, 2.75) is 4.90 Å². The number of nitrogens with two attached hydrogens (primary N) is 2. The van der Waals surface area contributed by atoms with Crippen molar-refractivity contribution in [3.63, 3.8) is 0 Å². The number of nitrogen functional groups attached to an aromatic ring is 2. The van der Waals surface area contributed by atoms with Crippen molar-refractivity contribution >= 4 is 43.6 Å². The Balaban J connectivity index is 0.00000243. The summed E-state index contributed by atoms with van der Waals surface area (Å²) >= 11 is 0. The van der Waals surface area contributed by atoms with E-state index in [0.29, 0.717) is 11.4 Å². The first-order valence-corrected chi connectivity index (χ1v) is 8.45. The van der Waals surface area contributed by atoms with Gasteiger partial charge in [0.25, 0.3) is 0 Å². The third-order valence-corrected chi connectivity index (χ3v) is 4.41. The number of nitrogens with zero attached hydrogens (tertiary/aromatic N) is 2. The summed E-state index contributed by atoms with van der Waals surface area (Å²) in [4.78, 5) is -0.699. The third-order valence-electron chi connectivity index (χ3n) is 3.56. The molecule has 3 aromatic carbocycles. The Morgan fingerprint density at radius 2 is 1.62 bits per heavy atom. The normalized spacial score (nSPS) is 11.6. The van der Waals surface area contributed by atoms with Gasteiger partial charge in [-0.25, -0.2) is 8.42 Å². The molecule has 0 bridgehead atoms. The fourth-order valence-corrected chi connectivity index (χ4v) is 2.97. The summed E-state index contributed by atoms with van der Waals surface area (Å²) in [6.45, 7) is 0. The van der Waals surface area contributed by atoms with Gasteiger partial charge in [0, 0.05) is 22.1 Å². The van der Waals surface area contributed by atoms with Gasteiger partial charge >= 0.3 is 29.6 Å². The van der Waals surface area contributed by atoms with Crippen molar-refractivity contribution in [3.05, 3.63) is 48.5 Å². The van der Waals surface area contributed by atoms with Crippen molar-refractivity contribution in [1.29, 1.82) is 0 Å². The van der Waals surface area contributed by atoms with Crippen LogP contribution in [0.5, 0.6) is 5.75 Å². The minimum Gasteiger partial charge on any atom is -0.744 e. The summed E-state index contributed by atoms with van der Waals surface area (Å²) in [5.74, 6) is -0.488. The summed E-state index contributed by atoms with van der Waals surface area (Å²) in [7, 11) is -4.91. The second-order valence-corrected chi connectivity index (χ2v) is 6.61. The quantitative estimate of drug-likeness (QED) is 0.252. The van der Waals surface area contributed by atoms with Gasteiger partial charge in [-0.3, -0.25) is 0 Å². The molecule has 8 nitrogen and oxygen atoms in total. The maximum absolute atomic E-state index is 11.6. The van der Waals surface area contributed by atoms with Gasteiger partial charge < -0.3 is 21.1 Å². The molecule has 3 aromatic rings. The molecular formula is C16H13N4NaO4S. The third kappa shape index (κ3) is 3.97. The first-order chi connectivity index (χ1) is 11.8. The van der Waals surface area contributed by atoms with Crippen LogP contribution in [0.1, 0.15) is 0 Å². The molecule has 3 rings (SSSR count). The van der Waals surface area contributed by atoms with Crippen molar-refractivity contribution < 1.29 is 47.6 Å². The van der Waals surface area contributed by atoms with Gasteiger partial charge in [-0.2, -0.15) is 5.11 Å². The number of rotatable bonds is 3. The molecule has 0 aliphatic heterocycles. The predicted octanol–water partition coefficient (Wildman–Crippen LogP) is 0.0333. The number of fused-ring (bicyclic) bond motifs is 1. The van der Waals surface area contributed by atoms with Crippen molar-refractivity contribution in [3.8, 4) is 5.75 Å². The van der Waals surface area contributed by atoms with Crippen LogP contribution in [-0.2, 0) is 10.1 Å². The van der Waals surface area contributed by atoms with E-state index < -0.39 is 26.5 Å². The minimum absolute atomic E-state index is 0. The van der Waals surface area contributed by atoms with E-state index in [4.69, 9.17) is 11.5 Å². The van der Waals surface area contributed by atoms with E-state index in [1.165, 1.54) is 12.1 Å². The maximum Gasteiger partial charge on any atom is 1.00 e. The van der Waals surface area contributed by atoms with E-state index in [1.54, 1.807) is 30.3 Å². The average Bonchev–Trinajstić information content (AvgIpc) is 2.55. The maximum atomic E-state index is 11.6. The molecule has 0 amide bonds. The van der Waals surface area contributed by atoms with Crippen LogP contribution in [0.3, 0.4) is 0 Å². The molecule has 0 heterocycles. The van der Waals surface area contributed by atoms with Crippen LogP contribution in [0.25, 0.3) is 10.8 Å². The Morgan fingerprint density at radius 3 is 2.23 bits per heavy atom. The predicted molar refractivity (Wildman–Crippen MR) is 93.0 cm³/mol. The zero-order valence-electron chi connectivity index (χ0n) is 13.7. The average molecular weight is 380 g/mol. The fraction of sp³-hybridized carbons (Fsp3) is 0. The Bertz CT molecular complexity index is 1100. The SMILES string of the molecule is Nc1ccc(N=Nc2c(S(=O)(=O)[O-])cc3c(N)cccc3c2O)cc1.[Na+]. The van der Waals surface area contributed by atoms with Crippen LogP contribution in [0.2, 0.25) is 0 Å². The molecule has 0 aromatic heterocycles. The van der Waals surface area contributed by atoms with Crippen LogP contribution in [0.15, 0.2) is 63.7 Å². The van der Waals surface area contributed by atoms with E-state index >= 15 is 0 Å². The van der Waals surface area contributed by atoms with Crippen molar-refractivity contribution in [2.75, 3.05) is 11.5 Å². The summed E-state index contributed by atoms with van der Waals surface area (Å²) in [6, 6.07) is 12.0. The Hall–Kier alpha value is -2.17. The van der Waals surface area contributed by atoms with E-state index in [9.17, 15) is 18.1 Å². The summed E-state index contributed by atoms with van der Waals surface area (Å²) in [5, 5.41) is 18.5. The van der Waals surface area contributed by atoms with Crippen LogP contribution in [0.4, 0.5) is 22.7 Å². The van der Waals surface area contributed by atoms with Crippen LogP contribution >= 0.6 is 0 Å². The fourth-order valence-electron chi connectivity index (χ4n) is 2.33. The van der Waals surface area contributed by atoms with Gasteiger partial charge in [0.1, 0.15) is 15.8 Å². The number of hydrogen-bond donors (Lipinski definition) is 3.